The molecule has 0 saturated carbocycles. The van der Waals surface area contributed by atoms with Crippen molar-refractivity contribution in [2.45, 2.75) is 25.9 Å². The highest BCUT2D eigenvalue weighted by molar-refractivity contribution is 7.18. The van der Waals surface area contributed by atoms with Gasteiger partial charge in [-0.2, -0.15) is 0 Å². The van der Waals surface area contributed by atoms with Crippen molar-refractivity contribution in [3.05, 3.63) is 69.6 Å². The standard InChI is InChI=1S/C26H29N5OS.2ClH/c1-18(31-17-28-25-24(26(31)32)21-9-10-27-15-23(21)33-25)16-29-11-13-30(14-12-29)22-8-4-6-19-5-2-3-7-20(19)22;;/h2-8,17-18,27H,9-16H2,1H3;2*1H. The minimum atomic E-state index is 0. The van der Waals surface area contributed by atoms with Crippen LogP contribution in [0.25, 0.3) is 21.0 Å². The number of nitrogens with zero attached hydrogens (tertiary/aromatic N) is 4. The molecule has 9 heteroatoms. The van der Waals surface area contributed by atoms with Crippen LogP contribution in [0.3, 0.4) is 0 Å². The van der Waals surface area contributed by atoms with E-state index in [1.165, 1.54) is 26.9 Å². The Balaban J connectivity index is 0.00000144. The summed E-state index contributed by atoms with van der Waals surface area (Å²) >= 11 is 1.67. The summed E-state index contributed by atoms with van der Waals surface area (Å²) < 4.78 is 1.86. The van der Waals surface area contributed by atoms with E-state index in [0.717, 1.165) is 62.5 Å². The van der Waals surface area contributed by atoms with Crippen molar-refractivity contribution in [3.63, 3.8) is 0 Å². The van der Waals surface area contributed by atoms with E-state index in [2.05, 4.69) is 69.5 Å². The van der Waals surface area contributed by atoms with Gasteiger partial charge in [0.25, 0.3) is 5.56 Å². The molecule has 4 aromatic rings. The zero-order valence-corrected chi connectivity index (χ0v) is 22.2. The van der Waals surface area contributed by atoms with Gasteiger partial charge in [0.15, 0.2) is 0 Å². The number of piperazine rings is 1. The van der Waals surface area contributed by atoms with E-state index >= 15 is 0 Å². The SMILES string of the molecule is CC(CN1CCN(c2cccc3ccccc23)CC1)n1cnc2sc3c(c2c1=O)CCNC3.Cl.Cl. The molecule has 1 fully saturated rings. The van der Waals surface area contributed by atoms with Gasteiger partial charge in [0.1, 0.15) is 4.83 Å². The molecule has 1 N–H and O–H groups in total. The molecule has 1 saturated heterocycles. The molecule has 6 rings (SSSR count). The number of rotatable bonds is 4. The van der Waals surface area contributed by atoms with E-state index in [-0.39, 0.29) is 36.4 Å². The fourth-order valence-electron chi connectivity index (χ4n) is 5.36. The molecule has 6 nitrogen and oxygen atoms in total. The number of hydrogen-bond donors (Lipinski definition) is 1. The summed E-state index contributed by atoms with van der Waals surface area (Å²) in [6, 6.07) is 15.3. The third kappa shape index (κ3) is 4.80. The lowest BCUT2D eigenvalue weighted by molar-refractivity contribution is 0.224. The molecule has 0 radical (unpaired) electrons. The van der Waals surface area contributed by atoms with Crippen LogP contribution in [0.5, 0.6) is 0 Å². The maximum absolute atomic E-state index is 13.4. The number of aromatic nitrogens is 2. The van der Waals surface area contributed by atoms with E-state index in [9.17, 15) is 4.79 Å². The average Bonchev–Trinajstić information content (AvgIpc) is 3.24. The Morgan fingerprint density at radius 3 is 2.66 bits per heavy atom. The average molecular weight is 533 g/mol. The molecule has 0 bridgehead atoms. The van der Waals surface area contributed by atoms with Gasteiger partial charge in [-0.15, -0.1) is 36.2 Å². The van der Waals surface area contributed by atoms with Gasteiger partial charge in [0.2, 0.25) is 0 Å². The largest absolute Gasteiger partial charge is 0.368 e. The molecule has 2 aliphatic rings. The molecular weight excluding hydrogens is 501 g/mol. The smallest absolute Gasteiger partial charge is 0.262 e. The predicted molar refractivity (Wildman–Crippen MR) is 151 cm³/mol. The molecule has 2 aromatic carbocycles. The predicted octanol–water partition coefficient (Wildman–Crippen LogP) is 4.48. The first-order valence-electron chi connectivity index (χ1n) is 11.9. The molecule has 0 aliphatic carbocycles. The Morgan fingerprint density at radius 2 is 1.83 bits per heavy atom. The van der Waals surface area contributed by atoms with E-state index < -0.39 is 0 Å². The lowest BCUT2D eigenvalue weighted by Gasteiger charge is -2.37. The second-order valence-electron chi connectivity index (χ2n) is 9.20. The third-order valence-corrected chi connectivity index (χ3v) is 8.27. The fraction of sp³-hybridized carbons (Fsp3) is 0.385. The van der Waals surface area contributed by atoms with Crippen molar-refractivity contribution in [2.75, 3.05) is 44.2 Å². The zero-order chi connectivity index (χ0) is 22.4. The summed E-state index contributed by atoms with van der Waals surface area (Å²) in [5.74, 6) is 0. The first-order chi connectivity index (χ1) is 16.2. The maximum atomic E-state index is 13.4. The summed E-state index contributed by atoms with van der Waals surface area (Å²) in [7, 11) is 0. The van der Waals surface area contributed by atoms with Crippen LogP contribution < -0.4 is 15.8 Å². The minimum absolute atomic E-state index is 0. The van der Waals surface area contributed by atoms with Gasteiger partial charge < -0.3 is 10.2 Å². The number of anilines is 1. The van der Waals surface area contributed by atoms with Gasteiger partial charge in [0.05, 0.1) is 11.7 Å². The molecule has 1 unspecified atom stereocenters. The highest BCUT2D eigenvalue weighted by Crippen LogP contribution is 2.30. The van der Waals surface area contributed by atoms with Gasteiger partial charge in [-0.3, -0.25) is 14.3 Å². The van der Waals surface area contributed by atoms with Crippen LogP contribution >= 0.6 is 36.2 Å². The lowest BCUT2D eigenvalue weighted by Crippen LogP contribution is -2.48. The summed E-state index contributed by atoms with van der Waals surface area (Å²) in [6.07, 6.45) is 2.68. The molecule has 2 aromatic heterocycles. The highest BCUT2D eigenvalue weighted by Gasteiger charge is 2.23. The molecule has 4 heterocycles. The number of nitrogens with one attached hydrogen (secondary N) is 1. The Hall–Kier alpha value is -2.16. The summed E-state index contributed by atoms with van der Waals surface area (Å²) in [5.41, 5.74) is 2.67. The number of fused-ring (bicyclic) bond motifs is 4. The van der Waals surface area contributed by atoms with Crippen molar-refractivity contribution < 1.29 is 0 Å². The minimum Gasteiger partial charge on any atom is -0.368 e. The van der Waals surface area contributed by atoms with Gasteiger partial charge >= 0.3 is 0 Å². The normalized spacial score (nSPS) is 17.0. The Kier molecular flexibility index (Phi) is 8.03. The van der Waals surface area contributed by atoms with Gasteiger partial charge in [-0.1, -0.05) is 36.4 Å². The van der Waals surface area contributed by atoms with Crippen molar-refractivity contribution >= 4 is 62.8 Å². The first kappa shape index (κ1) is 25.9. The summed E-state index contributed by atoms with van der Waals surface area (Å²) in [4.78, 5) is 25.2. The second kappa shape index (κ2) is 10.8. The van der Waals surface area contributed by atoms with Crippen LogP contribution in [0.2, 0.25) is 0 Å². The quantitative estimate of drug-likeness (QED) is 0.420. The van der Waals surface area contributed by atoms with E-state index in [1.807, 2.05) is 4.57 Å². The molecule has 186 valence electrons. The zero-order valence-electron chi connectivity index (χ0n) is 19.8. The molecule has 2 aliphatic heterocycles. The van der Waals surface area contributed by atoms with Gasteiger partial charge in [-0.25, -0.2) is 4.98 Å². The van der Waals surface area contributed by atoms with Gasteiger partial charge in [0, 0.05) is 61.3 Å². The van der Waals surface area contributed by atoms with E-state index in [0.29, 0.717) is 0 Å². The van der Waals surface area contributed by atoms with Crippen molar-refractivity contribution in [1.82, 2.24) is 19.8 Å². The first-order valence-corrected chi connectivity index (χ1v) is 12.7. The summed E-state index contributed by atoms with van der Waals surface area (Å²) in [6.45, 7) is 8.79. The number of hydrogen-bond acceptors (Lipinski definition) is 6. The van der Waals surface area contributed by atoms with Crippen molar-refractivity contribution in [2.24, 2.45) is 0 Å². The number of benzene rings is 2. The van der Waals surface area contributed by atoms with Crippen molar-refractivity contribution in [1.29, 1.82) is 0 Å². The molecule has 35 heavy (non-hydrogen) atoms. The topological polar surface area (TPSA) is 53.4 Å². The molecular formula is C26H31Cl2N5OS. The lowest BCUT2D eigenvalue weighted by atomic mass is 10.1. The monoisotopic (exact) mass is 531 g/mol. The highest BCUT2D eigenvalue weighted by atomic mass is 35.5. The molecule has 1 atom stereocenters. The Labute approximate surface area is 221 Å². The van der Waals surface area contributed by atoms with Crippen molar-refractivity contribution in [3.8, 4) is 0 Å². The van der Waals surface area contributed by atoms with Crippen LogP contribution in [0.4, 0.5) is 5.69 Å². The van der Waals surface area contributed by atoms with Gasteiger partial charge in [-0.05, 0) is 36.9 Å². The Morgan fingerprint density at radius 1 is 1.06 bits per heavy atom. The van der Waals surface area contributed by atoms with Crippen LogP contribution in [0.15, 0.2) is 53.6 Å². The number of halogens is 2. The van der Waals surface area contributed by atoms with E-state index in [1.54, 1.807) is 17.7 Å². The number of thiophene rings is 1. The Bertz CT molecular complexity index is 1370. The molecule has 0 amide bonds. The van der Waals surface area contributed by atoms with Crippen LogP contribution in [0.1, 0.15) is 23.4 Å². The van der Waals surface area contributed by atoms with E-state index in [4.69, 9.17) is 0 Å². The fourth-order valence-corrected chi connectivity index (χ4v) is 6.51. The van der Waals surface area contributed by atoms with Crippen LogP contribution in [0, 0.1) is 0 Å². The van der Waals surface area contributed by atoms with Crippen LogP contribution in [-0.2, 0) is 13.0 Å². The maximum Gasteiger partial charge on any atom is 0.262 e. The second-order valence-corrected chi connectivity index (χ2v) is 10.3. The van der Waals surface area contributed by atoms with Crippen LogP contribution in [-0.4, -0.2) is 53.7 Å². The summed E-state index contributed by atoms with van der Waals surface area (Å²) in [5, 5.41) is 6.87. The molecule has 0 spiro atoms. The third-order valence-electron chi connectivity index (χ3n) is 7.13.